The highest BCUT2D eigenvalue weighted by Gasteiger charge is 2.09. The third-order valence-corrected chi connectivity index (χ3v) is 4.84. The van der Waals surface area contributed by atoms with Crippen LogP contribution in [0.3, 0.4) is 0 Å². The lowest BCUT2D eigenvalue weighted by Gasteiger charge is -2.08. The third-order valence-electron chi connectivity index (χ3n) is 4.25. The highest BCUT2D eigenvalue weighted by molar-refractivity contribution is 6.35. The first-order chi connectivity index (χ1) is 13.2. The third kappa shape index (κ3) is 3.97. The molecule has 6 heteroatoms. The molecule has 0 aliphatic heterocycles. The van der Waals surface area contributed by atoms with Crippen LogP contribution >= 0.6 is 23.2 Å². The van der Waals surface area contributed by atoms with E-state index in [1.807, 2.05) is 42.6 Å². The molecular formula is C21H16Cl2N4. The first-order valence-corrected chi connectivity index (χ1v) is 9.17. The summed E-state index contributed by atoms with van der Waals surface area (Å²) in [6, 6.07) is 17.5. The molecule has 4 rings (SSSR count). The van der Waals surface area contributed by atoms with Crippen molar-refractivity contribution < 1.29 is 0 Å². The maximum atomic E-state index is 6.35. The van der Waals surface area contributed by atoms with Crippen molar-refractivity contribution in [2.24, 2.45) is 5.10 Å². The van der Waals surface area contributed by atoms with Crippen LogP contribution in [0.25, 0.3) is 10.9 Å². The van der Waals surface area contributed by atoms with E-state index < -0.39 is 0 Å². The van der Waals surface area contributed by atoms with Gasteiger partial charge in [-0.15, -0.1) is 0 Å². The zero-order valence-corrected chi connectivity index (χ0v) is 15.8. The predicted molar refractivity (Wildman–Crippen MR) is 113 cm³/mol. The molecule has 0 aliphatic carbocycles. The first-order valence-electron chi connectivity index (χ1n) is 8.41. The van der Waals surface area contributed by atoms with Gasteiger partial charge >= 0.3 is 0 Å². The van der Waals surface area contributed by atoms with Crippen molar-refractivity contribution in [1.29, 1.82) is 0 Å². The SMILES string of the molecule is Clc1ccc(Cn2cc(/C=N\Nc3ccncc3)c3ccccc32)c(Cl)c1. The maximum Gasteiger partial charge on any atom is 0.0592 e. The molecule has 0 fully saturated rings. The summed E-state index contributed by atoms with van der Waals surface area (Å²) in [5.41, 5.74) is 7.06. The van der Waals surface area contributed by atoms with Crippen molar-refractivity contribution in [3.63, 3.8) is 0 Å². The first kappa shape index (κ1) is 17.6. The smallest absolute Gasteiger partial charge is 0.0592 e. The molecule has 134 valence electrons. The van der Waals surface area contributed by atoms with Gasteiger partial charge in [-0.2, -0.15) is 5.10 Å². The molecule has 4 nitrogen and oxygen atoms in total. The minimum atomic E-state index is 0.635. The lowest BCUT2D eigenvalue weighted by Crippen LogP contribution is -1.98. The second-order valence-electron chi connectivity index (χ2n) is 6.07. The minimum absolute atomic E-state index is 0.635. The largest absolute Gasteiger partial charge is 0.342 e. The Morgan fingerprint density at radius 3 is 2.67 bits per heavy atom. The number of hydrogen-bond donors (Lipinski definition) is 1. The minimum Gasteiger partial charge on any atom is -0.342 e. The van der Waals surface area contributed by atoms with E-state index in [2.05, 4.69) is 38.4 Å². The van der Waals surface area contributed by atoms with E-state index in [0.717, 1.165) is 27.7 Å². The fourth-order valence-electron chi connectivity index (χ4n) is 2.95. The van der Waals surface area contributed by atoms with E-state index in [-0.39, 0.29) is 0 Å². The van der Waals surface area contributed by atoms with Crippen molar-refractivity contribution in [1.82, 2.24) is 9.55 Å². The van der Waals surface area contributed by atoms with E-state index in [0.29, 0.717) is 16.6 Å². The van der Waals surface area contributed by atoms with Gasteiger partial charge in [0.15, 0.2) is 0 Å². The zero-order chi connectivity index (χ0) is 18.6. The Balaban J connectivity index is 1.64. The second kappa shape index (κ2) is 7.82. The Kier molecular flexibility index (Phi) is 5.10. The van der Waals surface area contributed by atoms with Crippen LogP contribution in [0.4, 0.5) is 5.69 Å². The van der Waals surface area contributed by atoms with Crippen LogP contribution in [0.1, 0.15) is 11.1 Å². The predicted octanol–water partition coefficient (Wildman–Crippen LogP) is 5.84. The van der Waals surface area contributed by atoms with Crippen LogP contribution < -0.4 is 5.43 Å². The summed E-state index contributed by atoms with van der Waals surface area (Å²) in [6.45, 7) is 0.655. The zero-order valence-electron chi connectivity index (χ0n) is 14.3. The number of benzene rings is 2. The van der Waals surface area contributed by atoms with E-state index in [9.17, 15) is 0 Å². The van der Waals surface area contributed by atoms with Gasteiger partial charge in [0.25, 0.3) is 0 Å². The highest BCUT2D eigenvalue weighted by Crippen LogP contribution is 2.25. The molecule has 27 heavy (non-hydrogen) atoms. The molecule has 1 N–H and O–H groups in total. The summed E-state index contributed by atoms with van der Waals surface area (Å²) < 4.78 is 2.16. The quantitative estimate of drug-likeness (QED) is 0.341. The summed E-state index contributed by atoms with van der Waals surface area (Å²) in [5.74, 6) is 0. The molecule has 0 atom stereocenters. The van der Waals surface area contributed by atoms with Crippen molar-refractivity contribution in [2.75, 3.05) is 5.43 Å². The van der Waals surface area contributed by atoms with Crippen molar-refractivity contribution in [3.05, 3.63) is 94.4 Å². The molecule has 4 aromatic rings. The molecule has 0 saturated carbocycles. The molecular weight excluding hydrogens is 379 g/mol. The lowest BCUT2D eigenvalue weighted by molar-refractivity contribution is 0.836. The van der Waals surface area contributed by atoms with Crippen LogP contribution in [0.2, 0.25) is 10.0 Å². The van der Waals surface area contributed by atoms with E-state index in [4.69, 9.17) is 23.2 Å². The summed E-state index contributed by atoms with van der Waals surface area (Å²) >= 11 is 12.4. The Labute approximate surface area is 167 Å². The Bertz CT molecular complexity index is 1100. The van der Waals surface area contributed by atoms with Crippen LogP contribution in [0.5, 0.6) is 0 Å². The fraction of sp³-hybridized carbons (Fsp3) is 0.0476. The van der Waals surface area contributed by atoms with Crippen LogP contribution in [-0.2, 0) is 6.54 Å². The number of hydrazone groups is 1. The molecule has 0 spiro atoms. The fourth-order valence-corrected chi connectivity index (χ4v) is 3.41. The van der Waals surface area contributed by atoms with Crippen LogP contribution in [0.15, 0.2) is 78.3 Å². The summed E-state index contributed by atoms with van der Waals surface area (Å²) in [6.07, 6.45) is 7.34. The molecule has 0 unspecified atom stereocenters. The molecule has 2 aromatic carbocycles. The van der Waals surface area contributed by atoms with Gasteiger partial charge in [-0.1, -0.05) is 47.5 Å². The number of nitrogens with zero attached hydrogens (tertiary/aromatic N) is 3. The Morgan fingerprint density at radius 1 is 1.04 bits per heavy atom. The molecule has 2 heterocycles. The molecule has 0 saturated heterocycles. The van der Waals surface area contributed by atoms with E-state index >= 15 is 0 Å². The van der Waals surface area contributed by atoms with Crippen molar-refractivity contribution in [3.8, 4) is 0 Å². The van der Waals surface area contributed by atoms with Gasteiger partial charge in [0.1, 0.15) is 0 Å². The number of hydrogen-bond acceptors (Lipinski definition) is 3. The Morgan fingerprint density at radius 2 is 1.85 bits per heavy atom. The number of aromatic nitrogens is 2. The number of pyridine rings is 1. The van der Waals surface area contributed by atoms with Crippen molar-refractivity contribution >= 4 is 46.0 Å². The average Bonchev–Trinajstić information content (AvgIpc) is 3.03. The summed E-state index contributed by atoms with van der Waals surface area (Å²) in [4.78, 5) is 3.99. The number of anilines is 1. The molecule has 0 bridgehead atoms. The molecule has 0 aliphatic rings. The van der Waals surface area contributed by atoms with Gasteiger partial charge in [-0.25, -0.2) is 0 Å². The lowest BCUT2D eigenvalue weighted by atomic mass is 10.2. The van der Waals surface area contributed by atoms with Crippen molar-refractivity contribution in [2.45, 2.75) is 6.54 Å². The van der Waals surface area contributed by atoms with Crippen LogP contribution in [0, 0.1) is 0 Å². The monoisotopic (exact) mass is 394 g/mol. The number of para-hydroxylation sites is 1. The van der Waals surface area contributed by atoms with Crippen LogP contribution in [-0.4, -0.2) is 15.8 Å². The van der Waals surface area contributed by atoms with Gasteiger partial charge in [-0.3, -0.25) is 10.4 Å². The van der Waals surface area contributed by atoms with E-state index in [1.54, 1.807) is 18.5 Å². The molecule has 2 aromatic heterocycles. The number of rotatable bonds is 5. The van der Waals surface area contributed by atoms with Gasteiger partial charge < -0.3 is 4.57 Å². The van der Waals surface area contributed by atoms with Gasteiger partial charge in [-0.05, 0) is 35.9 Å². The second-order valence-corrected chi connectivity index (χ2v) is 6.91. The normalized spacial score (nSPS) is 11.3. The number of halogens is 2. The standard InChI is InChI=1S/C21H16Cl2N4/c22-17-6-5-15(20(23)11-17)13-27-14-16(19-3-1-2-4-21(19)27)12-25-26-18-7-9-24-10-8-18/h1-12,14H,13H2,(H,24,26)/b25-12-. The highest BCUT2D eigenvalue weighted by atomic mass is 35.5. The average molecular weight is 395 g/mol. The van der Waals surface area contributed by atoms with Gasteiger partial charge in [0.2, 0.25) is 0 Å². The van der Waals surface area contributed by atoms with E-state index in [1.165, 1.54) is 0 Å². The topological polar surface area (TPSA) is 42.2 Å². The summed E-state index contributed by atoms with van der Waals surface area (Å²) in [5, 5.41) is 6.78. The number of fused-ring (bicyclic) bond motifs is 1. The number of nitrogens with one attached hydrogen (secondary N) is 1. The van der Waals surface area contributed by atoms with Gasteiger partial charge in [0.05, 0.1) is 11.9 Å². The molecule has 0 amide bonds. The maximum absolute atomic E-state index is 6.35. The Hall–Kier alpha value is -2.82. The van der Waals surface area contributed by atoms with Gasteiger partial charge in [0, 0.05) is 51.6 Å². The summed E-state index contributed by atoms with van der Waals surface area (Å²) in [7, 11) is 0. The molecule has 0 radical (unpaired) electrons.